The topological polar surface area (TPSA) is 37.4 Å². The molecule has 0 saturated heterocycles. The third-order valence-corrected chi connectivity index (χ3v) is 4.75. The van der Waals surface area contributed by atoms with Crippen LogP contribution in [0.2, 0.25) is 0 Å². The maximum atomic E-state index is 13.5. The van der Waals surface area contributed by atoms with E-state index in [4.69, 9.17) is 0 Å². The molecule has 3 nitrogen and oxygen atoms in total. The van der Waals surface area contributed by atoms with Crippen molar-refractivity contribution in [1.82, 2.24) is 0 Å². The Labute approximate surface area is 148 Å². The zero-order chi connectivity index (χ0) is 17.6. The molecule has 2 aromatic carbocycles. The van der Waals surface area contributed by atoms with Crippen molar-refractivity contribution in [3.05, 3.63) is 63.4 Å². The SMILES string of the molecule is CC(C)(C)c1ccc(CN2C(=O)C(=O)c3cc(F)cc(Br)c32)cc1. The van der Waals surface area contributed by atoms with Crippen LogP contribution in [0.3, 0.4) is 0 Å². The van der Waals surface area contributed by atoms with Gasteiger partial charge in [0, 0.05) is 4.47 Å². The first-order valence-corrected chi connectivity index (χ1v) is 8.42. The van der Waals surface area contributed by atoms with Crippen LogP contribution < -0.4 is 4.90 Å². The van der Waals surface area contributed by atoms with Crippen LogP contribution in [0.1, 0.15) is 42.3 Å². The standard InChI is InChI=1S/C19H17BrFNO2/c1-19(2,3)12-6-4-11(5-7-12)10-22-16-14(17(23)18(22)24)8-13(21)9-15(16)20/h4-9H,10H2,1-3H3. The van der Waals surface area contributed by atoms with Crippen molar-refractivity contribution in [3.8, 4) is 0 Å². The van der Waals surface area contributed by atoms with Gasteiger partial charge in [0.2, 0.25) is 0 Å². The van der Waals surface area contributed by atoms with Crippen LogP contribution in [0.25, 0.3) is 0 Å². The van der Waals surface area contributed by atoms with E-state index in [2.05, 4.69) is 36.7 Å². The summed E-state index contributed by atoms with van der Waals surface area (Å²) in [6.45, 7) is 6.66. The highest BCUT2D eigenvalue weighted by Crippen LogP contribution is 2.38. The van der Waals surface area contributed by atoms with Crippen LogP contribution in [0, 0.1) is 5.82 Å². The molecule has 0 atom stereocenters. The molecule has 0 saturated carbocycles. The lowest BCUT2D eigenvalue weighted by Crippen LogP contribution is -2.29. The second-order valence-corrected chi connectivity index (χ2v) is 7.81. The molecule has 1 aliphatic heterocycles. The van der Waals surface area contributed by atoms with E-state index < -0.39 is 17.5 Å². The van der Waals surface area contributed by atoms with Gasteiger partial charge in [0.05, 0.1) is 17.8 Å². The lowest BCUT2D eigenvalue weighted by Gasteiger charge is -2.21. The first-order chi connectivity index (χ1) is 11.2. The number of anilines is 1. The van der Waals surface area contributed by atoms with Crippen molar-refractivity contribution in [1.29, 1.82) is 0 Å². The van der Waals surface area contributed by atoms with Crippen LogP contribution in [-0.2, 0) is 16.8 Å². The highest BCUT2D eigenvalue weighted by molar-refractivity contribution is 9.10. The van der Waals surface area contributed by atoms with Gasteiger partial charge in [-0.25, -0.2) is 4.39 Å². The zero-order valence-electron chi connectivity index (χ0n) is 13.7. The van der Waals surface area contributed by atoms with Gasteiger partial charge in [0.15, 0.2) is 0 Å². The van der Waals surface area contributed by atoms with Gasteiger partial charge in [0.25, 0.3) is 11.7 Å². The average Bonchev–Trinajstić information content (AvgIpc) is 2.72. The summed E-state index contributed by atoms with van der Waals surface area (Å²) in [6.07, 6.45) is 0. The van der Waals surface area contributed by atoms with Gasteiger partial charge in [-0.05, 0) is 44.6 Å². The minimum Gasteiger partial charge on any atom is -0.299 e. The largest absolute Gasteiger partial charge is 0.299 e. The van der Waals surface area contributed by atoms with Crippen molar-refractivity contribution in [2.75, 3.05) is 4.90 Å². The Morgan fingerprint density at radius 3 is 2.29 bits per heavy atom. The van der Waals surface area contributed by atoms with Gasteiger partial charge in [-0.15, -0.1) is 0 Å². The molecule has 24 heavy (non-hydrogen) atoms. The summed E-state index contributed by atoms with van der Waals surface area (Å²) in [4.78, 5) is 25.8. The van der Waals surface area contributed by atoms with Crippen LogP contribution in [0.5, 0.6) is 0 Å². The molecule has 5 heteroatoms. The Balaban J connectivity index is 1.95. The number of hydrogen-bond acceptors (Lipinski definition) is 2. The van der Waals surface area contributed by atoms with E-state index in [0.717, 1.165) is 11.6 Å². The maximum Gasteiger partial charge on any atom is 0.299 e. The van der Waals surface area contributed by atoms with Crippen molar-refractivity contribution in [2.45, 2.75) is 32.7 Å². The van der Waals surface area contributed by atoms with Crippen molar-refractivity contribution in [2.24, 2.45) is 0 Å². The Kier molecular flexibility index (Phi) is 4.08. The van der Waals surface area contributed by atoms with Gasteiger partial charge in [-0.3, -0.25) is 14.5 Å². The van der Waals surface area contributed by atoms with Crippen molar-refractivity contribution < 1.29 is 14.0 Å². The summed E-state index contributed by atoms with van der Waals surface area (Å²) >= 11 is 3.26. The van der Waals surface area contributed by atoms with Gasteiger partial charge < -0.3 is 0 Å². The summed E-state index contributed by atoms with van der Waals surface area (Å²) in [7, 11) is 0. The lowest BCUT2D eigenvalue weighted by molar-refractivity contribution is -0.114. The minimum atomic E-state index is -0.670. The number of fused-ring (bicyclic) bond motifs is 1. The molecule has 0 aliphatic carbocycles. The number of benzene rings is 2. The molecule has 0 spiro atoms. The number of carbonyl (C=O) groups excluding carboxylic acids is 2. The first-order valence-electron chi connectivity index (χ1n) is 7.63. The molecule has 3 rings (SSSR count). The summed E-state index contributed by atoms with van der Waals surface area (Å²) < 4.78 is 13.9. The van der Waals surface area contributed by atoms with Gasteiger partial charge >= 0.3 is 0 Å². The number of nitrogens with zero attached hydrogens (tertiary/aromatic N) is 1. The van der Waals surface area contributed by atoms with Crippen LogP contribution in [-0.4, -0.2) is 11.7 Å². The molecule has 0 bridgehead atoms. The van der Waals surface area contributed by atoms with E-state index in [1.54, 1.807) is 0 Å². The third kappa shape index (κ3) is 2.88. The first kappa shape index (κ1) is 16.8. The summed E-state index contributed by atoms with van der Waals surface area (Å²) in [6, 6.07) is 10.3. The molecule has 0 radical (unpaired) electrons. The molecule has 0 fully saturated rings. The second kappa shape index (κ2) is 5.81. The number of carbonyl (C=O) groups is 2. The van der Waals surface area contributed by atoms with Gasteiger partial charge in [-0.1, -0.05) is 45.0 Å². The van der Waals surface area contributed by atoms with Crippen LogP contribution in [0.4, 0.5) is 10.1 Å². The number of Topliss-reactive ketones (excluding diaryl/α,β-unsaturated/α-hetero) is 1. The fourth-order valence-electron chi connectivity index (χ4n) is 2.80. The Bertz CT molecular complexity index is 838. The molecule has 1 heterocycles. The van der Waals surface area contributed by atoms with Crippen molar-refractivity contribution in [3.63, 3.8) is 0 Å². The second-order valence-electron chi connectivity index (χ2n) is 6.95. The Hall–Kier alpha value is -2.01. The number of amides is 1. The molecular formula is C19H17BrFNO2. The van der Waals surface area contributed by atoms with E-state index in [9.17, 15) is 14.0 Å². The third-order valence-electron chi connectivity index (χ3n) is 4.14. The van der Waals surface area contributed by atoms with E-state index in [1.807, 2.05) is 24.3 Å². The normalized spacial score (nSPS) is 14.3. The highest BCUT2D eigenvalue weighted by Gasteiger charge is 2.37. The molecule has 1 amide bonds. The predicted molar refractivity (Wildman–Crippen MR) is 94.8 cm³/mol. The van der Waals surface area contributed by atoms with E-state index >= 15 is 0 Å². The van der Waals surface area contributed by atoms with E-state index in [-0.39, 0.29) is 17.5 Å². The van der Waals surface area contributed by atoms with E-state index in [1.165, 1.54) is 16.5 Å². The molecule has 0 aromatic heterocycles. The summed E-state index contributed by atoms with van der Waals surface area (Å²) in [5, 5.41) is 0. The van der Waals surface area contributed by atoms with Crippen LogP contribution >= 0.6 is 15.9 Å². The molecule has 124 valence electrons. The van der Waals surface area contributed by atoms with Gasteiger partial charge in [0.1, 0.15) is 5.82 Å². The summed E-state index contributed by atoms with van der Waals surface area (Å²) in [5.41, 5.74) is 2.70. The quantitative estimate of drug-likeness (QED) is 0.702. The fraction of sp³-hybridized carbons (Fsp3) is 0.263. The van der Waals surface area contributed by atoms with E-state index in [0.29, 0.717) is 10.2 Å². The van der Waals surface area contributed by atoms with Crippen molar-refractivity contribution >= 4 is 33.3 Å². The molecule has 0 N–H and O–H groups in total. The highest BCUT2D eigenvalue weighted by atomic mass is 79.9. The molecule has 1 aliphatic rings. The number of ketones is 1. The maximum absolute atomic E-state index is 13.5. The Morgan fingerprint density at radius 2 is 1.71 bits per heavy atom. The average molecular weight is 390 g/mol. The van der Waals surface area contributed by atoms with Gasteiger partial charge in [-0.2, -0.15) is 0 Å². The van der Waals surface area contributed by atoms with Crippen LogP contribution in [0.15, 0.2) is 40.9 Å². The number of rotatable bonds is 2. The smallest absolute Gasteiger partial charge is 0.299 e. The lowest BCUT2D eigenvalue weighted by atomic mass is 9.87. The minimum absolute atomic E-state index is 0.0467. The monoisotopic (exact) mass is 389 g/mol. The molecular weight excluding hydrogens is 373 g/mol. The molecule has 0 unspecified atom stereocenters. The predicted octanol–water partition coefficient (Wildman–Crippen LogP) is 4.62. The Morgan fingerprint density at radius 1 is 1.08 bits per heavy atom. The molecule has 2 aromatic rings. The summed E-state index contributed by atoms with van der Waals surface area (Å²) in [5.74, 6) is -1.84. The number of hydrogen-bond donors (Lipinski definition) is 0. The zero-order valence-corrected chi connectivity index (χ0v) is 15.3. The number of halogens is 2. The fourth-order valence-corrected chi connectivity index (χ4v) is 3.44.